The van der Waals surface area contributed by atoms with E-state index in [-0.39, 0.29) is 24.1 Å². The Kier molecular flexibility index (Phi) is 5.62. The number of hydrogen-bond acceptors (Lipinski definition) is 7. The number of anilines is 1. The third-order valence-corrected chi connectivity index (χ3v) is 5.27. The molecule has 29 heavy (non-hydrogen) atoms. The number of Topliss-reactive ketones (excluding diaryl/α,β-unsaturated/α-hetero) is 1. The molecule has 7 nitrogen and oxygen atoms in total. The van der Waals surface area contributed by atoms with Crippen molar-refractivity contribution in [1.29, 1.82) is 0 Å². The fraction of sp³-hybridized carbons (Fsp3) is 0.238. The van der Waals surface area contributed by atoms with Crippen LogP contribution in [0.1, 0.15) is 33.8 Å². The van der Waals surface area contributed by atoms with Crippen LogP contribution in [0, 0.1) is 6.92 Å². The lowest BCUT2D eigenvalue weighted by atomic mass is 9.99. The standard InChI is InChI=1S/C21H19N3O4S/c1-13-3-2-4-16(9-13)27-11-20-23-24-21(28-20)29-12-18(25)15-5-7-17-14(10-15)6-8-19(26)22-17/h2-5,7,9-10H,6,8,11-12H2,1H3,(H,22,26). The van der Waals surface area contributed by atoms with Crippen molar-refractivity contribution < 1.29 is 18.7 Å². The summed E-state index contributed by atoms with van der Waals surface area (Å²) in [5.41, 5.74) is 3.47. The maximum atomic E-state index is 12.5. The number of hydrogen-bond donors (Lipinski definition) is 1. The topological polar surface area (TPSA) is 94.3 Å². The van der Waals surface area contributed by atoms with Crippen molar-refractivity contribution in [3.63, 3.8) is 0 Å². The number of carbonyl (C=O) groups is 2. The van der Waals surface area contributed by atoms with Crippen LogP contribution in [0.15, 0.2) is 52.1 Å². The minimum Gasteiger partial charge on any atom is -0.484 e. The van der Waals surface area contributed by atoms with Crippen molar-refractivity contribution in [2.75, 3.05) is 11.1 Å². The Balaban J connectivity index is 1.31. The predicted octanol–water partition coefficient (Wildman–Crippen LogP) is 3.82. The van der Waals surface area contributed by atoms with Gasteiger partial charge in [-0.1, -0.05) is 23.9 Å². The minimum atomic E-state index is -0.0366. The third kappa shape index (κ3) is 4.83. The number of thioether (sulfide) groups is 1. The molecule has 0 bridgehead atoms. The molecule has 0 aliphatic carbocycles. The summed E-state index contributed by atoms with van der Waals surface area (Å²) in [6.07, 6.45) is 1.08. The number of amides is 1. The summed E-state index contributed by atoms with van der Waals surface area (Å²) in [5, 5.41) is 11.1. The van der Waals surface area contributed by atoms with Crippen molar-refractivity contribution >= 4 is 29.1 Å². The molecule has 0 atom stereocenters. The average molecular weight is 409 g/mol. The molecule has 0 saturated carbocycles. The fourth-order valence-electron chi connectivity index (χ4n) is 2.97. The van der Waals surface area contributed by atoms with Gasteiger partial charge in [0.2, 0.25) is 5.91 Å². The van der Waals surface area contributed by atoms with Crippen LogP contribution in [0.5, 0.6) is 5.75 Å². The quantitative estimate of drug-likeness (QED) is 0.468. The Labute approximate surface area is 171 Å². The van der Waals surface area contributed by atoms with Gasteiger partial charge in [0, 0.05) is 17.7 Å². The summed E-state index contributed by atoms with van der Waals surface area (Å²) in [6.45, 7) is 2.16. The van der Waals surface area contributed by atoms with Crippen molar-refractivity contribution in [3.05, 3.63) is 65.0 Å². The maximum absolute atomic E-state index is 12.5. The number of carbonyl (C=O) groups excluding carboxylic acids is 2. The summed E-state index contributed by atoms with van der Waals surface area (Å²) < 4.78 is 11.2. The molecular formula is C21H19N3O4S. The number of ketones is 1. The molecule has 1 aliphatic heterocycles. The second-order valence-corrected chi connectivity index (χ2v) is 7.63. The largest absolute Gasteiger partial charge is 0.484 e. The zero-order valence-corrected chi connectivity index (χ0v) is 16.6. The lowest BCUT2D eigenvalue weighted by Gasteiger charge is -2.17. The molecule has 0 unspecified atom stereocenters. The van der Waals surface area contributed by atoms with E-state index in [4.69, 9.17) is 9.15 Å². The molecule has 148 valence electrons. The average Bonchev–Trinajstić information content (AvgIpc) is 3.18. The summed E-state index contributed by atoms with van der Waals surface area (Å²) in [4.78, 5) is 23.9. The predicted molar refractivity (Wildman–Crippen MR) is 108 cm³/mol. The number of rotatable bonds is 7. The molecule has 1 N–H and O–H groups in total. The van der Waals surface area contributed by atoms with E-state index >= 15 is 0 Å². The van der Waals surface area contributed by atoms with E-state index in [0.717, 1.165) is 22.6 Å². The molecule has 2 heterocycles. The van der Waals surface area contributed by atoms with Gasteiger partial charge in [-0.15, -0.1) is 10.2 Å². The van der Waals surface area contributed by atoms with Crippen LogP contribution in [0.2, 0.25) is 0 Å². The van der Waals surface area contributed by atoms with Gasteiger partial charge in [0.25, 0.3) is 11.1 Å². The van der Waals surface area contributed by atoms with E-state index in [2.05, 4.69) is 15.5 Å². The Morgan fingerprint density at radius 2 is 2.10 bits per heavy atom. The van der Waals surface area contributed by atoms with Crippen LogP contribution >= 0.6 is 11.8 Å². The number of aryl methyl sites for hydroxylation is 2. The smallest absolute Gasteiger partial charge is 0.277 e. The molecule has 0 spiro atoms. The van der Waals surface area contributed by atoms with Crippen molar-refractivity contribution in [2.24, 2.45) is 0 Å². The number of ether oxygens (including phenoxy) is 1. The highest BCUT2D eigenvalue weighted by atomic mass is 32.2. The van der Waals surface area contributed by atoms with Crippen LogP contribution in [-0.4, -0.2) is 27.6 Å². The molecule has 1 aliphatic rings. The highest BCUT2D eigenvalue weighted by Crippen LogP contribution is 2.25. The summed E-state index contributed by atoms with van der Waals surface area (Å²) in [7, 11) is 0. The molecule has 4 rings (SSSR count). The molecule has 0 fully saturated rings. The van der Waals surface area contributed by atoms with Crippen LogP contribution in [0.3, 0.4) is 0 Å². The Bertz CT molecular complexity index is 1060. The van der Waals surface area contributed by atoms with Gasteiger partial charge >= 0.3 is 0 Å². The minimum absolute atomic E-state index is 0.00529. The highest BCUT2D eigenvalue weighted by molar-refractivity contribution is 7.99. The van der Waals surface area contributed by atoms with E-state index in [1.165, 1.54) is 11.8 Å². The molecule has 2 aromatic carbocycles. The molecule has 0 saturated heterocycles. The van der Waals surface area contributed by atoms with E-state index in [1.54, 1.807) is 12.1 Å². The molecule has 1 amide bonds. The van der Waals surface area contributed by atoms with Crippen LogP contribution in [-0.2, 0) is 17.8 Å². The molecule has 0 radical (unpaired) electrons. The van der Waals surface area contributed by atoms with Gasteiger partial charge in [0.1, 0.15) is 5.75 Å². The summed E-state index contributed by atoms with van der Waals surface area (Å²) in [5.74, 6) is 1.24. The SMILES string of the molecule is Cc1cccc(OCc2nnc(SCC(=O)c3ccc4c(c3)CCC(=O)N4)o2)c1. The maximum Gasteiger partial charge on any atom is 0.277 e. The fourth-order valence-corrected chi connectivity index (χ4v) is 3.65. The monoisotopic (exact) mass is 409 g/mol. The molecule has 3 aromatic rings. The summed E-state index contributed by atoms with van der Waals surface area (Å²) in [6, 6.07) is 13.0. The first-order chi connectivity index (χ1) is 14.1. The van der Waals surface area contributed by atoms with Crippen molar-refractivity contribution in [1.82, 2.24) is 10.2 Å². The van der Waals surface area contributed by atoms with Gasteiger partial charge in [-0.3, -0.25) is 9.59 Å². The first-order valence-corrected chi connectivity index (χ1v) is 10.2. The normalized spacial score (nSPS) is 12.9. The van der Waals surface area contributed by atoms with Crippen LogP contribution in [0.4, 0.5) is 5.69 Å². The lowest BCUT2D eigenvalue weighted by molar-refractivity contribution is -0.116. The Morgan fingerprint density at radius 1 is 1.21 bits per heavy atom. The van der Waals surface area contributed by atoms with Crippen molar-refractivity contribution in [3.8, 4) is 5.75 Å². The van der Waals surface area contributed by atoms with Gasteiger partial charge in [0.05, 0.1) is 5.75 Å². The zero-order valence-electron chi connectivity index (χ0n) is 15.8. The van der Waals surface area contributed by atoms with Gasteiger partial charge in [-0.25, -0.2) is 0 Å². The number of nitrogens with one attached hydrogen (secondary N) is 1. The van der Waals surface area contributed by atoms with E-state index in [1.807, 2.05) is 37.3 Å². The first kappa shape index (κ1) is 19.2. The zero-order chi connectivity index (χ0) is 20.2. The van der Waals surface area contributed by atoms with Crippen LogP contribution in [0.25, 0.3) is 0 Å². The van der Waals surface area contributed by atoms with E-state index < -0.39 is 0 Å². The van der Waals surface area contributed by atoms with Gasteiger partial charge in [-0.2, -0.15) is 0 Å². The van der Waals surface area contributed by atoms with Gasteiger partial charge < -0.3 is 14.5 Å². The molecule has 8 heteroatoms. The van der Waals surface area contributed by atoms with Crippen molar-refractivity contribution in [2.45, 2.75) is 31.6 Å². The van der Waals surface area contributed by atoms with Crippen LogP contribution < -0.4 is 10.1 Å². The number of benzene rings is 2. The third-order valence-electron chi connectivity index (χ3n) is 4.45. The van der Waals surface area contributed by atoms with E-state index in [9.17, 15) is 9.59 Å². The summed E-state index contributed by atoms with van der Waals surface area (Å²) >= 11 is 1.19. The number of fused-ring (bicyclic) bond motifs is 1. The number of aromatic nitrogens is 2. The van der Waals surface area contributed by atoms with E-state index in [0.29, 0.717) is 29.5 Å². The van der Waals surface area contributed by atoms with Gasteiger partial charge in [0.15, 0.2) is 12.4 Å². The Hall–Kier alpha value is -3.13. The lowest BCUT2D eigenvalue weighted by Crippen LogP contribution is -2.19. The Morgan fingerprint density at radius 3 is 2.97 bits per heavy atom. The molecular weight excluding hydrogens is 390 g/mol. The first-order valence-electron chi connectivity index (χ1n) is 9.17. The second kappa shape index (κ2) is 8.48. The number of nitrogens with zero attached hydrogens (tertiary/aromatic N) is 2. The second-order valence-electron chi connectivity index (χ2n) is 6.70. The van der Waals surface area contributed by atoms with Gasteiger partial charge in [-0.05, 0) is 54.8 Å². The highest BCUT2D eigenvalue weighted by Gasteiger charge is 2.17. The molecule has 1 aromatic heterocycles.